The van der Waals surface area contributed by atoms with Gasteiger partial charge in [-0.2, -0.15) is 5.10 Å². The molecule has 0 spiro atoms. The number of para-hydroxylation sites is 1. The largest absolute Gasteiger partial charge is 0.478 e. The molecule has 0 amide bonds. The van der Waals surface area contributed by atoms with Crippen LogP contribution in [-0.4, -0.2) is 22.2 Å². The number of rotatable bonds is 5. The maximum absolute atomic E-state index is 10.9. The zero-order valence-corrected chi connectivity index (χ0v) is 10.0. The molecule has 0 unspecified atom stereocenters. The van der Waals surface area contributed by atoms with E-state index in [1.54, 1.807) is 18.2 Å². The van der Waals surface area contributed by atoms with Gasteiger partial charge in [0.25, 0.3) is 0 Å². The number of carboxylic acids is 1. The van der Waals surface area contributed by atoms with Gasteiger partial charge in [-0.3, -0.25) is 15.5 Å². The van der Waals surface area contributed by atoms with Crippen LogP contribution in [0.2, 0.25) is 0 Å². The number of nitrogens with zero attached hydrogens (tertiary/aromatic N) is 2. The maximum atomic E-state index is 10.9. The Morgan fingerprint density at radius 2 is 2.10 bits per heavy atom. The van der Waals surface area contributed by atoms with Crippen LogP contribution < -0.4 is 5.43 Å². The van der Waals surface area contributed by atoms with Crippen LogP contribution in [0.5, 0.6) is 0 Å². The predicted molar refractivity (Wildman–Crippen MR) is 70.0 cm³/mol. The summed E-state index contributed by atoms with van der Waals surface area (Å²) >= 11 is 0. The van der Waals surface area contributed by atoms with Crippen LogP contribution in [0, 0.1) is 10.1 Å². The first-order valence-corrected chi connectivity index (χ1v) is 5.43. The van der Waals surface area contributed by atoms with E-state index in [0.29, 0.717) is 5.69 Å². The molecule has 0 saturated carbocycles. The molecule has 1 aromatic carbocycles. The van der Waals surface area contributed by atoms with Crippen molar-refractivity contribution in [1.29, 1.82) is 0 Å². The second kappa shape index (κ2) is 5.65. The number of aromatic carboxylic acids is 1. The Labute approximate surface area is 112 Å². The van der Waals surface area contributed by atoms with E-state index < -0.39 is 16.8 Å². The molecule has 0 aliphatic rings. The number of anilines is 1. The molecule has 1 heterocycles. The van der Waals surface area contributed by atoms with Gasteiger partial charge in [0.05, 0.1) is 23.5 Å². The number of nitro groups is 1. The van der Waals surface area contributed by atoms with Crippen molar-refractivity contribution in [1.82, 2.24) is 0 Å². The van der Waals surface area contributed by atoms with E-state index in [0.717, 1.165) is 0 Å². The van der Waals surface area contributed by atoms with Gasteiger partial charge in [-0.05, 0) is 18.2 Å². The SMILES string of the molecule is O=C(O)c1ccccc1N/N=C/c1ccc([N+](=O)[O-])o1. The molecule has 8 nitrogen and oxygen atoms in total. The maximum Gasteiger partial charge on any atom is 0.433 e. The van der Waals surface area contributed by atoms with Crippen LogP contribution in [0.15, 0.2) is 45.9 Å². The minimum atomic E-state index is -1.09. The third-order valence-electron chi connectivity index (χ3n) is 2.33. The van der Waals surface area contributed by atoms with Gasteiger partial charge >= 0.3 is 11.9 Å². The lowest BCUT2D eigenvalue weighted by Gasteiger charge is -2.03. The van der Waals surface area contributed by atoms with Crippen molar-refractivity contribution in [2.24, 2.45) is 5.10 Å². The lowest BCUT2D eigenvalue weighted by molar-refractivity contribution is -0.402. The molecule has 0 bridgehead atoms. The predicted octanol–water partition coefficient (Wildman–Crippen LogP) is 2.33. The molecular formula is C12H9N3O5. The Balaban J connectivity index is 2.10. The fourth-order valence-corrected chi connectivity index (χ4v) is 1.44. The van der Waals surface area contributed by atoms with E-state index in [2.05, 4.69) is 10.5 Å². The number of hydrazone groups is 1. The van der Waals surface area contributed by atoms with E-state index in [1.165, 1.54) is 24.4 Å². The van der Waals surface area contributed by atoms with Gasteiger partial charge in [-0.1, -0.05) is 12.1 Å². The van der Waals surface area contributed by atoms with Gasteiger partial charge in [0.1, 0.15) is 4.92 Å². The highest BCUT2D eigenvalue weighted by Crippen LogP contribution is 2.16. The van der Waals surface area contributed by atoms with E-state index in [1.807, 2.05) is 0 Å². The minimum Gasteiger partial charge on any atom is -0.478 e. The summed E-state index contributed by atoms with van der Waals surface area (Å²) in [6, 6.07) is 8.80. The summed E-state index contributed by atoms with van der Waals surface area (Å²) in [6.07, 6.45) is 1.21. The highest BCUT2D eigenvalue weighted by Gasteiger charge is 2.10. The van der Waals surface area contributed by atoms with Crippen molar-refractivity contribution in [3.8, 4) is 0 Å². The Morgan fingerprint density at radius 3 is 2.75 bits per heavy atom. The molecule has 0 radical (unpaired) electrons. The third-order valence-corrected chi connectivity index (χ3v) is 2.33. The highest BCUT2D eigenvalue weighted by atomic mass is 16.6. The second-order valence-electron chi connectivity index (χ2n) is 3.65. The zero-order valence-electron chi connectivity index (χ0n) is 10.0. The number of carbonyl (C=O) groups is 1. The number of carboxylic acid groups (broad SMARTS) is 1. The lowest BCUT2D eigenvalue weighted by atomic mass is 10.2. The summed E-state index contributed by atoms with van der Waals surface area (Å²) in [4.78, 5) is 20.7. The molecular weight excluding hydrogens is 266 g/mol. The molecule has 0 atom stereocenters. The molecule has 0 saturated heterocycles. The Bertz CT molecular complexity index is 677. The van der Waals surface area contributed by atoms with Gasteiger partial charge in [0, 0.05) is 0 Å². The lowest BCUT2D eigenvalue weighted by Crippen LogP contribution is -2.01. The Kier molecular flexibility index (Phi) is 3.75. The van der Waals surface area contributed by atoms with Crippen LogP contribution in [0.4, 0.5) is 11.6 Å². The number of hydrogen-bond acceptors (Lipinski definition) is 6. The molecule has 8 heteroatoms. The highest BCUT2D eigenvalue weighted by molar-refractivity contribution is 5.94. The van der Waals surface area contributed by atoms with E-state index in [9.17, 15) is 14.9 Å². The molecule has 0 aliphatic carbocycles. The Hall–Kier alpha value is -3.16. The summed E-state index contributed by atoms with van der Waals surface area (Å²) in [5.74, 6) is -1.30. The smallest absolute Gasteiger partial charge is 0.433 e. The molecule has 20 heavy (non-hydrogen) atoms. The van der Waals surface area contributed by atoms with Gasteiger partial charge in [-0.15, -0.1) is 0 Å². The van der Waals surface area contributed by atoms with Crippen molar-refractivity contribution < 1.29 is 19.2 Å². The average molecular weight is 275 g/mol. The monoisotopic (exact) mass is 275 g/mol. The van der Waals surface area contributed by atoms with Crippen molar-refractivity contribution in [3.63, 3.8) is 0 Å². The number of furan rings is 1. The van der Waals surface area contributed by atoms with Crippen LogP contribution in [-0.2, 0) is 0 Å². The van der Waals surface area contributed by atoms with Gasteiger partial charge in [-0.25, -0.2) is 4.79 Å². The molecule has 0 fully saturated rings. The summed E-state index contributed by atoms with van der Waals surface area (Å²) in [7, 11) is 0. The van der Waals surface area contributed by atoms with Crippen molar-refractivity contribution in [2.75, 3.05) is 5.43 Å². The first-order valence-electron chi connectivity index (χ1n) is 5.43. The van der Waals surface area contributed by atoms with Crippen LogP contribution in [0.25, 0.3) is 0 Å². The van der Waals surface area contributed by atoms with Crippen molar-refractivity contribution in [3.05, 3.63) is 57.8 Å². The molecule has 0 aliphatic heterocycles. The van der Waals surface area contributed by atoms with Crippen LogP contribution in [0.1, 0.15) is 16.1 Å². The Morgan fingerprint density at radius 1 is 1.35 bits per heavy atom. The molecule has 102 valence electrons. The quantitative estimate of drug-likeness (QED) is 0.491. The summed E-state index contributed by atoms with van der Waals surface area (Å²) < 4.78 is 4.86. The van der Waals surface area contributed by atoms with E-state index in [4.69, 9.17) is 9.52 Å². The zero-order chi connectivity index (χ0) is 14.5. The minimum absolute atomic E-state index is 0.0649. The fraction of sp³-hybridized carbons (Fsp3) is 0. The molecule has 2 N–H and O–H groups in total. The van der Waals surface area contributed by atoms with Gasteiger partial charge < -0.3 is 9.52 Å². The first-order chi connectivity index (χ1) is 9.58. The average Bonchev–Trinajstić information content (AvgIpc) is 2.88. The van der Waals surface area contributed by atoms with Crippen LogP contribution >= 0.6 is 0 Å². The number of benzene rings is 1. The first kappa shape index (κ1) is 13.3. The van der Waals surface area contributed by atoms with E-state index in [-0.39, 0.29) is 11.3 Å². The summed E-state index contributed by atoms with van der Waals surface area (Å²) in [5, 5.41) is 23.1. The molecule has 2 aromatic rings. The van der Waals surface area contributed by atoms with Crippen molar-refractivity contribution >= 4 is 23.8 Å². The fourth-order valence-electron chi connectivity index (χ4n) is 1.44. The standard InChI is InChI=1S/C12H9N3O5/c16-12(17)9-3-1-2-4-10(9)14-13-7-8-5-6-11(20-8)15(18)19/h1-7,14H,(H,16,17)/b13-7+. The van der Waals surface area contributed by atoms with E-state index >= 15 is 0 Å². The normalized spacial score (nSPS) is 10.6. The molecule has 2 rings (SSSR count). The summed E-state index contributed by atoms with van der Waals surface area (Å²) in [6.45, 7) is 0. The van der Waals surface area contributed by atoms with Crippen molar-refractivity contribution in [2.45, 2.75) is 0 Å². The molecule has 1 aromatic heterocycles. The number of hydrogen-bond donors (Lipinski definition) is 2. The second-order valence-corrected chi connectivity index (χ2v) is 3.65. The summed E-state index contributed by atoms with van der Waals surface area (Å²) in [5.41, 5.74) is 2.91. The van der Waals surface area contributed by atoms with Gasteiger partial charge in [0.15, 0.2) is 5.76 Å². The van der Waals surface area contributed by atoms with Crippen LogP contribution in [0.3, 0.4) is 0 Å². The van der Waals surface area contributed by atoms with Gasteiger partial charge in [0.2, 0.25) is 0 Å². The number of nitrogens with one attached hydrogen (secondary N) is 1. The topological polar surface area (TPSA) is 118 Å². The third kappa shape index (κ3) is 2.99.